The minimum absolute atomic E-state index is 1.03. The standard InChI is InChI=1S/C17H22N4/c1-5-6-14-11-17(21(4)18-14)20(3)15-8-7-13-9-10-19(2)16(13)12-15/h7-12H,5-6H2,1-4H3. The average Bonchev–Trinajstić information content (AvgIpc) is 3.02. The first-order valence-corrected chi connectivity index (χ1v) is 7.42. The van der Waals surface area contributed by atoms with E-state index < -0.39 is 0 Å². The van der Waals surface area contributed by atoms with Crippen molar-refractivity contribution in [1.82, 2.24) is 14.3 Å². The number of nitrogens with zero attached hydrogens (tertiary/aromatic N) is 4. The second-order valence-electron chi connectivity index (χ2n) is 5.60. The van der Waals surface area contributed by atoms with E-state index in [1.165, 1.54) is 16.6 Å². The summed E-state index contributed by atoms with van der Waals surface area (Å²) < 4.78 is 4.11. The molecule has 0 radical (unpaired) electrons. The van der Waals surface area contributed by atoms with Crippen LogP contribution in [0.4, 0.5) is 11.5 Å². The van der Waals surface area contributed by atoms with Crippen molar-refractivity contribution in [2.24, 2.45) is 14.1 Å². The fourth-order valence-corrected chi connectivity index (χ4v) is 2.80. The molecule has 0 unspecified atom stereocenters. The Bertz CT molecular complexity index is 766. The third-order valence-corrected chi connectivity index (χ3v) is 4.01. The monoisotopic (exact) mass is 282 g/mol. The number of fused-ring (bicyclic) bond motifs is 1. The molecule has 4 heteroatoms. The van der Waals surface area contributed by atoms with Gasteiger partial charge in [-0.2, -0.15) is 5.10 Å². The normalized spacial score (nSPS) is 11.2. The van der Waals surface area contributed by atoms with Crippen LogP contribution in [0.15, 0.2) is 36.5 Å². The minimum Gasteiger partial charge on any atom is -0.350 e. The Morgan fingerprint density at radius 2 is 1.95 bits per heavy atom. The molecule has 4 nitrogen and oxygen atoms in total. The van der Waals surface area contributed by atoms with Crippen molar-refractivity contribution in [3.05, 3.63) is 42.2 Å². The van der Waals surface area contributed by atoms with Gasteiger partial charge in [0.15, 0.2) is 0 Å². The molecule has 1 aromatic carbocycles. The molecule has 0 spiro atoms. The van der Waals surface area contributed by atoms with Crippen molar-refractivity contribution in [2.45, 2.75) is 19.8 Å². The van der Waals surface area contributed by atoms with Gasteiger partial charge in [-0.3, -0.25) is 4.68 Å². The lowest BCUT2D eigenvalue weighted by atomic mass is 10.2. The summed E-state index contributed by atoms with van der Waals surface area (Å²) >= 11 is 0. The van der Waals surface area contributed by atoms with Crippen LogP contribution in [0, 0.1) is 0 Å². The van der Waals surface area contributed by atoms with E-state index in [4.69, 9.17) is 0 Å². The third-order valence-electron chi connectivity index (χ3n) is 4.01. The van der Waals surface area contributed by atoms with Gasteiger partial charge in [-0.05, 0) is 30.0 Å². The van der Waals surface area contributed by atoms with E-state index in [1.54, 1.807) is 0 Å². The van der Waals surface area contributed by atoms with Gasteiger partial charge >= 0.3 is 0 Å². The maximum absolute atomic E-state index is 4.59. The van der Waals surface area contributed by atoms with E-state index >= 15 is 0 Å². The first kappa shape index (κ1) is 13.7. The summed E-state index contributed by atoms with van der Waals surface area (Å²) in [6, 6.07) is 10.9. The number of rotatable bonds is 4. The Morgan fingerprint density at radius 1 is 1.14 bits per heavy atom. The smallest absolute Gasteiger partial charge is 0.130 e. The molecule has 3 rings (SSSR count). The number of aromatic nitrogens is 3. The molecule has 21 heavy (non-hydrogen) atoms. The zero-order valence-electron chi connectivity index (χ0n) is 13.2. The summed E-state index contributed by atoms with van der Waals surface area (Å²) in [5.41, 5.74) is 3.58. The second-order valence-corrected chi connectivity index (χ2v) is 5.60. The van der Waals surface area contributed by atoms with Gasteiger partial charge in [-0.15, -0.1) is 0 Å². The minimum atomic E-state index is 1.03. The Morgan fingerprint density at radius 3 is 2.71 bits per heavy atom. The zero-order chi connectivity index (χ0) is 15.0. The topological polar surface area (TPSA) is 26.0 Å². The Balaban J connectivity index is 1.99. The Hall–Kier alpha value is -2.23. The van der Waals surface area contributed by atoms with Crippen LogP contribution >= 0.6 is 0 Å². The van der Waals surface area contributed by atoms with Crippen LogP contribution in [0.2, 0.25) is 0 Å². The lowest BCUT2D eigenvalue weighted by molar-refractivity contribution is 0.730. The summed E-state index contributed by atoms with van der Waals surface area (Å²) in [4.78, 5) is 2.19. The Kier molecular flexibility index (Phi) is 3.45. The SMILES string of the molecule is CCCc1cc(N(C)c2ccc3ccn(C)c3c2)n(C)n1. The molecule has 3 aromatic rings. The third kappa shape index (κ3) is 2.42. The van der Waals surface area contributed by atoms with E-state index in [-0.39, 0.29) is 0 Å². The van der Waals surface area contributed by atoms with Crippen molar-refractivity contribution < 1.29 is 0 Å². The second kappa shape index (κ2) is 5.28. The van der Waals surface area contributed by atoms with Crippen LogP contribution < -0.4 is 4.90 Å². The molecule has 0 fully saturated rings. The number of anilines is 2. The largest absolute Gasteiger partial charge is 0.350 e. The molecule has 0 atom stereocenters. The predicted molar refractivity (Wildman–Crippen MR) is 88.2 cm³/mol. The highest BCUT2D eigenvalue weighted by Gasteiger charge is 2.12. The summed E-state index contributed by atoms with van der Waals surface area (Å²) in [5, 5.41) is 5.86. The van der Waals surface area contributed by atoms with Crippen LogP contribution in [0.3, 0.4) is 0 Å². The lowest BCUT2D eigenvalue weighted by Crippen LogP contribution is -2.13. The maximum Gasteiger partial charge on any atom is 0.130 e. The average molecular weight is 282 g/mol. The van der Waals surface area contributed by atoms with E-state index in [9.17, 15) is 0 Å². The van der Waals surface area contributed by atoms with Gasteiger partial charge < -0.3 is 9.47 Å². The number of benzene rings is 1. The Labute approximate surface area is 125 Å². The van der Waals surface area contributed by atoms with E-state index in [0.29, 0.717) is 0 Å². The molecular weight excluding hydrogens is 260 g/mol. The zero-order valence-corrected chi connectivity index (χ0v) is 13.2. The summed E-state index contributed by atoms with van der Waals surface area (Å²) in [6.07, 6.45) is 4.24. The van der Waals surface area contributed by atoms with E-state index in [0.717, 1.165) is 24.4 Å². The highest BCUT2D eigenvalue weighted by molar-refractivity contribution is 5.84. The van der Waals surface area contributed by atoms with Crippen molar-refractivity contribution >= 4 is 22.4 Å². The quantitative estimate of drug-likeness (QED) is 0.730. The summed E-state index contributed by atoms with van der Waals surface area (Å²) in [5.74, 6) is 1.12. The van der Waals surface area contributed by atoms with Crippen molar-refractivity contribution in [2.75, 3.05) is 11.9 Å². The molecule has 2 aromatic heterocycles. The number of hydrogen-bond acceptors (Lipinski definition) is 2. The first-order chi connectivity index (χ1) is 10.1. The molecule has 2 heterocycles. The lowest BCUT2D eigenvalue weighted by Gasteiger charge is -2.19. The van der Waals surface area contributed by atoms with Crippen LogP contribution in [0.25, 0.3) is 10.9 Å². The fourth-order valence-electron chi connectivity index (χ4n) is 2.80. The molecule has 0 amide bonds. The summed E-state index contributed by atoms with van der Waals surface area (Å²) in [7, 11) is 6.18. The van der Waals surface area contributed by atoms with Gasteiger partial charge in [-0.25, -0.2) is 0 Å². The highest BCUT2D eigenvalue weighted by Crippen LogP contribution is 2.27. The first-order valence-electron chi connectivity index (χ1n) is 7.42. The molecule has 0 N–H and O–H groups in total. The van der Waals surface area contributed by atoms with Crippen LogP contribution in [-0.2, 0) is 20.5 Å². The van der Waals surface area contributed by atoms with E-state index in [1.807, 2.05) is 11.7 Å². The highest BCUT2D eigenvalue weighted by atomic mass is 15.4. The van der Waals surface area contributed by atoms with Gasteiger partial charge in [0.05, 0.1) is 5.69 Å². The molecule has 0 bridgehead atoms. The van der Waals surface area contributed by atoms with Gasteiger partial charge in [-0.1, -0.05) is 19.4 Å². The fraction of sp³-hybridized carbons (Fsp3) is 0.353. The number of aryl methyl sites for hydroxylation is 3. The van der Waals surface area contributed by atoms with Crippen LogP contribution in [-0.4, -0.2) is 21.4 Å². The van der Waals surface area contributed by atoms with Gasteiger partial charge in [0.1, 0.15) is 5.82 Å². The maximum atomic E-state index is 4.59. The van der Waals surface area contributed by atoms with Gasteiger partial charge in [0.25, 0.3) is 0 Å². The number of hydrogen-bond donors (Lipinski definition) is 0. The predicted octanol–water partition coefficient (Wildman–Crippen LogP) is 3.63. The van der Waals surface area contributed by atoms with E-state index in [2.05, 4.69) is 72.1 Å². The van der Waals surface area contributed by atoms with Gasteiger partial charge in [0.2, 0.25) is 0 Å². The van der Waals surface area contributed by atoms with Crippen molar-refractivity contribution in [3.8, 4) is 0 Å². The van der Waals surface area contributed by atoms with Crippen molar-refractivity contribution in [1.29, 1.82) is 0 Å². The van der Waals surface area contributed by atoms with Crippen LogP contribution in [0.5, 0.6) is 0 Å². The molecule has 0 aliphatic carbocycles. The van der Waals surface area contributed by atoms with Crippen LogP contribution in [0.1, 0.15) is 19.0 Å². The van der Waals surface area contributed by atoms with Crippen molar-refractivity contribution in [3.63, 3.8) is 0 Å². The van der Waals surface area contributed by atoms with Gasteiger partial charge in [0, 0.05) is 44.6 Å². The molecule has 0 saturated heterocycles. The molecular formula is C17H22N4. The molecule has 0 aliphatic rings. The molecule has 110 valence electrons. The molecule has 0 saturated carbocycles. The summed E-state index contributed by atoms with van der Waals surface area (Å²) in [6.45, 7) is 2.18. The molecule has 0 aliphatic heterocycles.